The Kier molecular flexibility index (Phi) is 7.33. The highest BCUT2D eigenvalue weighted by Crippen LogP contribution is 2.40. The number of halogens is 1. The van der Waals surface area contributed by atoms with E-state index in [0.717, 1.165) is 76.9 Å². The Balaban J connectivity index is 1.11. The minimum atomic E-state index is 0.904. The maximum absolute atomic E-state index is 6.40. The van der Waals surface area contributed by atoms with Crippen molar-refractivity contribution in [2.24, 2.45) is 0 Å². The Morgan fingerprint density at radius 3 is 1.88 bits per heavy atom. The maximum atomic E-state index is 6.40. The number of hydrogen-bond donors (Lipinski definition) is 0. The van der Waals surface area contributed by atoms with Gasteiger partial charge < -0.3 is 9.32 Å². The van der Waals surface area contributed by atoms with Crippen LogP contribution in [-0.4, -0.2) is 0 Å². The SMILES string of the molecule is Brc1cc(-c2cccc(-c3cccc(N(c4ccccc4)c4ccc5ccccc5c4)c3)c2)cc(-c2cccc3c2oc2ccccc23)c1. The molecular weight excluding hydrogens is 662 g/mol. The average molecular weight is 693 g/mol. The first-order valence-corrected chi connectivity index (χ1v) is 17.2. The fraction of sp³-hybridized carbons (Fsp3) is 0. The first-order chi connectivity index (χ1) is 24.2. The summed E-state index contributed by atoms with van der Waals surface area (Å²) in [5.41, 5.74) is 11.9. The summed E-state index contributed by atoms with van der Waals surface area (Å²) in [5.74, 6) is 0. The van der Waals surface area contributed by atoms with Crippen molar-refractivity contribution in [1.29, 1.82) is 0 Å². The lowest BCUT2D eigenvalue weighted by Gasteiger charge is -2.26. The second kappa shape index (κ2) is 12.3. The van der Waals surface area contributed by atoms with Crippen molar-refractivity contribution in [3.63, 3.8) is 0 Å². The van der Waals surface area contributed by atoms with Crippen LogP contribution in [0.1, 0.15) is 0 Å². The monoisotopic (exact) mass is 691 g/mol. The summed E-state index contributed by atoms with van der Waals surface area (Å²) in [7, 11) is 0. The molecule has 0 saturated carbocycles. The zero-order valence-corrected chi connectivity index (χ0v) is 28.1. The molecule has 0 aliphatic heterocycles. The number of furan rings is 1. The van der Waals surface area contributed by atoms with Gasteiger partial charge >= 0.3 is 0 Å². The molecule has 0 saturated heterocycles. The zero-order chi connectivity index (χ0) is 32.7. The molecule has 0 atom stereocenters. The largest absolute Gasteiger partial charge is 0.455 e. The summed E-state index contributed by atoms with van der Waals surface area (Å²) in [6, 6.07) is 64.7. The van der Waals surface area contributed by atoms with Crippen LogP contribution in [0.25, 0.3) is 66.1 Å². The number of benzene rings is 8. The molecule has 1 aromatic heterocycles. The van der Waals surface area contributed by atoms with Crippen molar-refractivity contribution in [1.82, 2.24) is 0 Å². The van der Waals surface area contributed by atoms with Gasteiger partial charge in [0.25, 0.3) is 0 Å². The predicted molar refractivity (Wildman–Crippen MR) is 210 cm³/mol. The molecule has 8 aromatic carbocycles. The van der Waals surface area contributed by atoms with Gasteiger partial charge in [0.05, 0.1) is 0 Å². The average Bonchev–Trinajstić information content (AvgIpc) is 3.54. The van der Waals surface area contributed by atoms with Gasteiger partial charge in [-0.1, -0.05) is 131 Å². The van der Waals surface area contributed by atoms with Crippen LogP contribution in [0.4, 0.5) is 17.1 Å². The summed E-state index contributed by atoms with van der Waals surface area (Å²) in [6.45, 7) is 0. The Labute approximate surface area is 293 Å². The molecule has 3 heteroatoms. The standard InChI is InChI=1S/C46H30BrNO/c47-38-27-36(26-37(28-38)42-20-10-21-44-43-19-6-7-22-45(43)49-46(42)44)33-14-8-13-32(25-33)35-15-9-18-40(30-35)48(39-16-2-1-3-17-39)41-24-23-31-11-4-5-12-34(31)29-41/h1-30H. The number of rotatable bonds is 6. The number of para-hydroxylation sites is 3. The number of fused-ring (bicyclic) bond motifs is 4. The molecule has 0 aliphatic carbocycles. The predicted octanol–water partition coefficient (Wildman–Crippen LogP) is 14.0. The first-order valence-electron chi connectivity index (χ1n) is 16.4. The molecule has 1 heterocycles. The molecule has 9 rings (SSSR count). The Hall–Kier alpha value is -5.90. The van der Waals surface area contributed by atoms with Crippen molar-refractivity contribution in [2.75, 3.05) is 4.90 Å². The molecule has 0 spiro atoms. The summed E-state index contributed by atoms with van der Waals surface area (Å²) < 4.78 is 7.42. The topological polar surface area (TPSA) is 16.4 Å². The van der Waals surface area contributed by atoms with E-state index in [9.17, 15) is 0 Å². The van der Waals surface area contributed by atoms with Crippen LogP contribution in [0.2, 0.25) is 0 Å². The normalized spacial score (nSPS) is 11.4. The minimum Gasteiger partial charge on any atom is -0.455 e. The molecule has 0 radical (unpaired) electrons. The zero-order valence-electron chi connectivity index (χ0n) is 26.6. The van der Waals surface area contributed by atoms with Gasteiger partial charge in [-0.05, 0) is 105 Å². The fourth-order valence-corrected chi connectivity index (χ4v) is 7.42. The molecule has 0 unspecified atom stereocenters. The maximum Gasteiger partial charge on any atom is 0.143 e. The van der Waals surface area contributed by atoms with Crippen LogP contribution < -0.4 is 4.90 Å². The van der Waals surface area contributed by atoms with Gasteiger partial charge in [0.2, 0.25) is 0 Å². The molecule has 0 amide bonds. The van der Waals surface area contributed by atoms with E-state index >= 15 is 0 Å². The highest BCUT2D eigenvalue weighted by atomic mass is 79.9. The number of anilines is 3. The summed E-state index contributed by atoms with van der Waals surface area (Å²) >= 11 is 3.82. The van der Waals surface area contributed by atoms with Gasteiger partial charge in [-0.15, -0.1) is 0 Å². The second-order valence-electron chi connectivity index (χ2n) is 12.3. The lowest BCUT2D eigenvalue weighted by Crippen LogP contribution is -2.09. The quantitative estimate of drug-likeness (QED) is 0.172. The van der Waals surface area contributed by atoms with Crippen LogP contribution in [0, 0.1) is 0 Å². The molecule has 9 aromatic rings. The highest BCUT2D eigenvalue weighted by molar-refractivity contribution is 9.10. The molecule has 0 fully saturated rings. The molecule has 49 heavy (non-hydrogen) atoms. The van der Waals surface area contributed by atoms with E-state index in [1.807, 2.05) is 12.1 Å². The summed E-state index contributed by atoms with van der Waals surface area (Å²) in [6.07, 6.45) is 0. The Bertz CT molecular complexity index is 2640. The van der Waals surface area contributed by atoms with E-state index in [1.54, 1.807) is 0 Å². The second-order valence-corrected chi connectivity index (χ2v) is 13.3. The van der Waals surface area contributed by atoms with Crippen molar-refractivity contribution < 1.29 is 4.42 Å². The van der Waals surface area contributed by atoms with Gasteiger partial charge in [-0.3, -0.25) is 0 Å². The third-order valence-electron chi connectivity index (χ3n) is 9.25. The van der Waals surface area contributed by atoms with E-state index in [0.29, 0.717) is 0 Å². The van der Waals surface area contributed by atoms with Gasteiger partial charge in [-0.25, -0.2) is 0 Å². The van der Waals surface area contributed by atoms with E-state index in [1.165, 1.54) is 10.8 Å². The van der Waals surface area contributed by atoms with E-state index < -0.39 is 0 Å². The third-order valence-corrected chi connectivity index (χ3v) is 9.71. The van der Waals surface area contributed by atoms with Crippen LogP contribution in [0.5, 0.6) is 0 Å². The van der Waals surface area contributed by atoms with Gasteiger partial charge in [-0.2, -0.15) is 0 Å². The van der Waals surface area contributed by atoms with Crippen LogP contribution >= 0.6 is 15.9 Å². The summed E-state index contributed by atoms with van der Waals surface area (Å²) in [4.78, 5) is 2.33. The van der Waals surface area contributed by atoms with Gasteiger partial charge in [0, 0.05) is 37.9 Å². The third kappa shape index (κ3) is 5.48. The van der Waals surface area contributed by atoms with Crippen molar-refractivity contribution in [3.05, 3.63) is 186 Å². The lowest BCUT2D eigenvalue weighted by molar-refractivity contribution is 0.670. The van der Waals surface area contributed by atoms with Crippen LogP contribution in [-0.2, 0) is 0 Å². The fourth-order valence-electron chi connectivity index (χ4n) is 6.93. The molecule has 0 aliphatic rings. The van der Waals surface area contributed by atoms with Crippen LogP contribution in [0.15, 0.2) is 191 Å². The smallest absolute Gasteiger partial charge is 0.143 e. The minimum absolute atomic E-state index is 0.904. The first kappa shape index (κ1) is 29.3. The van der Waals surface area contributed by atoms with Crippen molar-refractivity contribution >= 4 is 65.7 Å². The van der Waals surface area contributed by atoms with E-state index in [4.69, 9.17) is 4.42 Å². The van der Waals surface area contributed by atoms with Gasteiger partial charge in [0.1, 0.15) is 11.2 Å². The Morgan fingerprint density at radius 1 is 0.388 bits per heavy atom. The van der Waals surface area contributed by atoms with E-state index in [-0.39, 0.29) is 0 Å². The lowest BCUT2D eigenvalue weighted by atomic mass is 9.95. The highest BCUT2D eigenvalue weighted by Gasteiger charge is 2.16. The molecule has 2 nitrogen and oxygen atoms in total. The number of hydrogen-bond acceptors (Lipinski definition) is 2. The van der Waals surface area contributed by atoms with E-state index in [2.05, 4.69) is 191 Å². The van der Waals surface area contributed by atoms with Crippen molar-refractivity contribution in [2.45, 2.75) is 0 Å². The molecule has 0 N–H and O–H groups in total. The van der Waals surface area contributed by atoms with Crippen LogP contribution in [0.3, 0.4) is 0 Å². The number of nitrogens with zero attached hydrogens (tertiary/aromatic N) is 1. The Morgan fingerprint density at radius 2 is 1.00 bits per heavy atom. The molecule has 232 valence electrons. The molecule has 0 bridgehead atoms. The summed E-state index contributed by atoms with van der Waals surface area (Å²) in [5, 5.41) is 4.71. The molecular formula is C46H30BrNO. The van der Waals surface area contributed by atoms with Crippen molar-refractivity contribution in [3.8, 4) is 33.4 Å². The van der Waals surface area contributed by atoms with Gasteiger partial charge in [0.15, 0.2) is 0 Å².